The Kier molecular flexibility index (Phi) is 6.68. The van der Waals surface area contributed by atoms with Crippen LogP contribution in [0.1, 0.15) is 5.56 Å². The van der Waals surface area contributed by atoms with Gasteiger partial charge in [-0.25, -0.2) is 12.8 Å². The minimum absolute atomic E-state index is 0.0313. The number of hydrogen-bond donors (Lipinski definition) is 1. The zero-order valence-corrected chi connectivity index (χ0v) is 17.1. The molecule has 0 aliphatic heterocycles. The lowest BCUT2D eigenvalue weighted by molar-refractivity contribution is -0.119. The quantitative estimate of drug-likeness (QED) is 0.597. The molecule has 6 nitrogen and oxygen atoms in total. The van der Waals surface area contributed by atoms with Gasteiger partial charge in [-0.2, -0.15) is 0 Å². The molecule has 1 amide bonds. The third kappa shape index (κ3) is 4.96. The Morgan fingerprint density at radius 1 is 0.967 bits per heavy atom. The molecule has 0 spiro atoms. The van der Waals surface area contributed by atoms with Crippen LogP contribution in [0.5, 0.6) is 5.75 Å². The number of rotatable bonds is 8. The fourth-order valence-corrected chi connectivity index (χ4v) is 4.25. The summed E-state index contributed by atoms with van der Waals surface area (Å²) in [7, 11) is -2.59. The fraction of sp³-hybridized carbons (Fsp3) is 0.136. The third-order valence-electron chi connectivity index (χ3n) is 4.39. The Balaban J connectivity index is 1.82. The van der Waals surface area contributed by atoms with E-state index in [2.05, 4.69) is 5.32 Å². The van der Waals surface area contributed by atoms with Gasteiger partial charge in [0.05, 0.1) is 17.7 Å². The van der Waals surface area contributed by atoms with E-state index < -0.39 is 28.3 Å². The molecule has 156 valence electrons. The van der Waals surface area contributed by atoms with Crippen molar-refractivity contribution in [3.05, 3.63) is 90.2 Å². The molecule has 0 radical (unpaired) electrons. The van der Waals surface area contributed by atoms with Crippen LogP contribution in [-0.2, 0) is 21.4 Å². The molecule has 0 aliphatic rings. The maximum absolute atomic E-state index is 14.4. The van der Waals surface area contributed by atoms with E-state index in [1.807, 2.05) is 0 Å². The number of anilines is 1. The average Bonchev–Trinajstić information content (AvgIpc) is 2.77. The van der Waals surface area contributed by atoms with Crippen molar-refractivity contribution in [2.75, 3.05) is 18.0 Å². The smallest absolute Gasteiger partial charge is 0.264 e. The second kappa shape index (κ2) is 9.41. The molecule has 8 heteroatoms. The Hall–Kier alpha value is -3.39. The lowest BCUT2D eigenvalue weighted by atomic mass is 10.2. The number of methoxy groups -OCH3 is 1. The predicted molar refractivity (Wildman–Crippen MR) is 112 cm³/mol. The van der Waals surface area contributed by atoms with E-state index in [1.165, 1.54) is 30.3 Å². The van der Waals surface area contributed by atoms with Gasteiger partial charge in [0.15, 0.2) is 0 Å². The van der Waals surface area contributed by atoms with E-state index in [9.17, 15) is 17.6 Å². The molecule has 0 unspecified atom stereocenters. The van der Waals surface area contributed by atoms with Crippen molar-refractivity contribution in [3.63, 3.8) is 0 Å². The van der Waals surface area contributed by atoms with Crippen LogP contribution in [0.15, 0.2) is 83.8 Å². The maximum Gasteiger partial charge on any atom is 0.264 e. The first-order chi connectivity index (χ1) is 14.4. The van der Waals surface area contributed by atoms with Crippen LogP contribution >= 0.6 is 0 Å². The summed E-state index contributed by atoms with van der Waals surface area (Å²) in [6.45, 7) is -0.367. The highest BCUT2D eigenvalue weighted by molar-refractivity contribution is 7.92. The van der Waals surface area contributed by atoms with Crippen molar-refractivity contribution in [1.82, 2.24) is 5.32 Å². The summed E-state index contributed by atoms with van der Waals surface area (Å²) in [5, 5.41) is 2.67. The molecule has 3 rings (SSSR count). The Bertz CT molecular complexity index is 1100. The minimum atomic E-state index is -4.15. The van der Waals surface area contributed by atoms with Crippen LogP contribution in [0.2, 0.25) is 0 Å². The Morgan fingerprint density at radius 2 is 1.60 bits per heavy atom. The van der Waals surface area contributed by atoms with Gasteiger partial charge in [-0.15, -0.1) is 0 Å². The molecule has 0 atom stereocenters. The fourth-order valence-electron chi connectivity index (χ4n) is 2.80. The lowest BCUT2D eigenvalue weighted by Crippen LogP contribution is -2.41. The molecule has 0 heterocycles. The zero-order valence-electron chi connectivity index (χ0n) is 16.3. The van der Waals surface area contributed by atoms with Gasteiger partial charge in [-0.3, -0.25) is 9.10 Å². The Morgan fingerprint density at radius 3 is 2.23 bits per heavy atom. The van der Waals surface area contributed by atoms with Crippen molar-refractivity contribution in [2.24, 2.45) is 0 Å². The molecule has 1 N–H and O–H groups in total. The minimum Gasteiger partial charge on any atom is -0.497 e. The summed E-state index contributed by atoms with van der Waals surface area (Å²) in [6, 6.07) is 20.1. The highest BCUT2D eigenvalue weighted by Crippen LogP contribution is 2.26. The van der Waals surface area contributed by atoms with Crippen molar-refractivity contribution < 1.29 is 22.3 Å². The first-order valence-electron chi connectivity index (χ1n) is 9.14. The number of amides is 1. The molecule has 0 bridgehead atoms. The number of ether oxygens (including phenoxy) is 1. The first-order valence-corrected chi connectivity index (χ1v) is 10.6. The molecule has 0 fully saturated rings. The highest BCUT2D eigenvalue weighted by Gasteiger charge is 2.28. The van der Waals surface area contributed by atoms with Crippen LogP contribution in [0, 0.1) is 5.82 Å². The second-order valence-corrected chi connectivity index (χ2v) is 8.26. The summed E-state index contributed by atoms with van der Waals surface area (Å²) in [5.41, 5.74) is 0.619. The van der Waals surface area contributed by atoms with Crippen LogP contribution < -0.4 is 14.4 Å². The van der Waals surface area contributed by atoms with Gasteiger partial charge in [-0.05, 0) is 42.0 Å². The van der Waals surface area contributed by atoms with Crippen LogP contribution in [0.3, 0.4) is 0 Å². The number of nitrogens with one attached hydrogen (secondary N) is 1. The molecule has 3 aromatic rings. The topological polar surface area (TPSA) is 75.7 Å². The number of carbonyl (C=O) groups excluding carboxylic acids is 1. The lowest BCUT2D eigenvalue weighted by Gasteiger charge is -2.24. The van der Waals surface area contributed by atoms with E-state index in [1.54, 1.807) is 49.6 Å². The summed E-state index contributed by atoms with van der Waals surface area (Å²) < 4.78 is 46.5. The molecule has 0 saturated carbocycles. The number of sulfonamides is 1. The molecule has 0 saturated heterocycles. The summed E-state index contributed by atoms with van der Waals surface area (Å²) >= 11 is 0. The van der Waals surface area contributed by atoms with Gasteiger partial charge in [0.25, 0.3) is 10.0 Å². The van der Waals surface area contributed by atoms with Crippen molar-refractivity contribution >= 4 is 21.6 Å². The van der Waals surface area contributed by atoms with Crippen LogP contribution in [0.4, 0.5) is 10.1 Å². The SMILES string of the molecule is COc1ccc(CNC(=O)CN(c2ccccc2F)S(=O)(=O)c2ccccc2)cc1. The number of carbonyl (C=O) groups is 1. The molecular formula is C22H21FN2O4S. The molecule has 0 aliphatic carbocycles. The van der Waals surface area contributed by atoms with Crippen LogP contribution in [-0.4, -0.2) is 28.0 Å². The van der Waals surface area contributed by atoms with Crippen molar-refractivity contribution in [2.45, 2.75) is 11.4 Å². The normalized spacial score (nSPS) is 11.0. The van der Waals surface area contributed by atoms with Gasteiger partial charge in [0.2, 0.25) is 5.91 Å². The summed E-state index contributed by atoms with van der Waals surface area (Å²) in [5.74, 6) is -0.613. The van der Waals surface area contributed by atoms with Gasteiger partial charge >= 0.3 is 0 Å². The summed E-state index contributed by atoms with van der Waals surface area (Å²) in [6.07, 6.45) is 0. The van der Waals surface area contributed by atoms with Crippen molar-refractivity contribution in [1.29, 1.82) is 0 Å². The number of nitrogens with zero attached hydrogens (tertiary/aromatic N) is 1. The number of para-hydroxylation sites is 1. The van der Waals surface area contributed by atoms with Gasteiger partial charge in [-0.1, -0.05) is 42.5 Å². The van der Waals surface area contributed by atoms with Gasteiger partial charge in [0, 0.05) is 6.54 Å². The number of halogens is 1. The number of hydrogen-bond acceptors (Lipinski definition) is 4. The van der Waals surface area contributed by atoms with Crippen molar-refractivity contribution in [3.8, 4) is 5.75 Å². The highest BCUT2D eigenvalue weighted by atomic mass is 32.2. The third-order valence-corrected chi connectivity index (χ3v) is 6.16. The molecule has 0 aromatic heterocycles. The second-order valence-electron chi connectivity index (χ2n) is 6.40. The molecular weight excluding hydrogens is 407 g/mol. The standard InChI is InChI=1S/C22H21FN2O4S/c1-29-18-13-11-17(12-14-18)15-24-22(26)16-25(21-10-6-5-9-20(21)23)30(27,28)19-7-3-2-4-8-19/h2-14H,15-16H2,1H3,(H,24,26). The molecule has 30 heavy (non-hydrogen) atoms. The zero-order chi connectivity index (χ0) is 21.6. The van der Waals surface area contributed by atoms with Gasteiger partial charge in [0.1, 0.15) is 18.1 Å². The summed E-state index contributed by atoms with van der Waals surface area (Å²) in [4.78, 5) is 12.5. The van der Waals surface area contributed by atoms with E-state index in [0.717, 1.165) is 15.9 Å². The Labute approximate surface area is 175 Å². The van der Waals surface area contributed by atoms with E-state index in [0.29, 0.717) is 5.75 Å². The van der Waals surface area contributed by atoms with Gasteiger partial charge < -0.3 is 10.1 Å². The molecule has 3 aromatic carbocycles. The maximum atomic E-state index is 14.4. The van der Waals surface area contributed by atoms with Crippen LogP contribution in [0.25, 0.3) is 0 Å². The van der Waals surface area contributed by atoms with E-state index in [-0.39, 0.29) is 17.1 Å². The predicted octanol–water partition coefficient (Wildman–Crippen LogP) is 3.35. The largest absolute Gasteiger partial charge is 0.497 e. The van der Waals surface area contributed by atoms with E-state index >= 15 is 0 Å². The first kappa shape index (κ1) is 21.3. The van der Waals surface area contributed by atoms with E-state index in [4.69, 9.17) is 4.74 Å². The average molecular weight is 428 g/mol. The number of benzene rings is 3. The monoisotopic (exact) mass is 428 g/mol.